The Morgan fingerprint density at radius 2 is 0.923 bits per heavy atom. The second-order valence-corrected chi connectivity index (χ2v) is 7.33. The van der Waals surface area contributed by atoms with E-state index in [-0.39, 0.29) is 0 Å². The topological polar surface area (TPSA) is 54.4 Å². The van der Waals surface area contributed by atoms with Crippen molar-refractivity contribution in [1.29, 1.82) is 0 Å². The molecule has 4 nitrogen and oxygen atoms in total. The fraction of sp³-hybridized carbons (Fsp3) is 0.143. The standard InChI is InChI=1S/C20H20N.CH4O3S/c1-2-21(18-12-6-3-7-13-18,19-14-8-4-9-15-19)20-16-10-5-11-17-20;1-5(2,3)4/h3-17H,2H2,1H3;1H3,(H,2,3,4)/q+1;. The van der Waals surface area contributed by atoms with Crippen LogP contribution in [0.5, 0.6) is 0 Å². The first-order valence-electron chi connectivity index (χ1n) is 8.35. The van der Waals surface area contributed by atoms with Crippen LogP contribution >= 0.6 is 0 Å². The van der Waals surface area contributed by atoms with E-state index in [1.54, 1.807) is 0 Å². The lowest BCUT2D eigenvalue weighted by molar-refractivity contribution is 0.490. The minimum absolute atomic E-state index is 0.715. The van der Waals surface area contributed by atoms with Gasteiger partial charge in [-0.2, -0.15) is 8.42 Å². The normalized spacial score (nSPS) is 11.3. The number of para-hydroxylation sites is 3. The van der Waals surface area contributed by atoms with Crippen LogP contribution in [0.3, 0.4) is 0 Å². The molecule has 0 spiro atoms. The van der Waals surface area contributed by atoms with Gasteiger partial charge in [-0.3, -0.25) is 4.55 Å². The highest BCUT2D eigenvalue weighted by atomic mass is 32.2. The first kappa shape index (κ1) is 19.8. The van der Waals surface area contributed by atoms with Gasteiger partial charge in [0.2, 0.25) is 0 Å². The lowest BCUT2D eigenvalue weighted by atomic mass is 10.1. The summed E-state index contributed by atoms with van der Waals surface area (Å²) in [7, 11) is -3.67. The molecule has 0 aliphatic heterocycles. The molecule has 0 aromatic heterocycles. The molecule has 0 saturated heterocycles. The van der Waals surface area contributed by atoms with Gasteiger partial charge in [0, 0.05) is 0 Å². The molecule has 1 N–H and O–H groups in total. The summed E-state index contributed by atoms with van der Waals surface area (Å²) in [6, 6.07) is 32.2. The Morgan fingerprint density at radius 1 is 0.692 bits per heavy atom. The van der Waals surface area contributed by atoms with E-state index in [2.05, 4.69) is 97.9 Å². The van der Waals surface area contributed by atoms with E-state index >= 15 is 0 Å². The monoisotopic (exact) mass is 370 g/mol. The van der Waals surface area contributed by atoms with Crippen LogP contribution in [0.4, 0.5) is 17.1 Å². The van der Waals surface area contributed by atoms with Crippen LogP contribution in [0.1, 0.15) is 6.92 Å². The van der Waals surface area contributed by atoms with Gasteiger partial charge in [-0.1, -0.05) is 54.6 Å². The minimum Gasteiger partial charge on any atom is -0.286 e. The predicted molar refractivity (Wildman–Crippen MR) is 108 cm³/mol. The van der Waals surface area contributed by atoms with Gasteiger partial charge in [-0.05, 0) is 43.3 Å². The number of rotatable bonds is 4. The van der Waals surface area contributed by atoms with Crippen LogP contribution in [-0.2, 0) is 10.1 Å². The molecule has 0 aliphatic rings. The number of benzene rings is 3. The molecule has 0 amide bonds. The third-order valence-electron chi connectivity index (χ3n) is 4.07. The molecule has 3 aromatic carbocycles. The molecule has 0 atom stereocenters. The maximum atomic E-state index is 9.19. The van der Waals surface area contributed by atoms with Gasteiger partial charge in [0.15, 0.2) is 0 Å². The Hall–Kier alpha value is -2.47. The number of quaternary nitrogens is 1. The van der Waals surface area contributed by atoms with Gasteiger partial charge in [0.05, 0.1) is 12.8 Å². The third kappa shape index (κ3) is 5.02. The second-order valence-electron chi connectivity index (χ2n) is 5.87. The highest BCUT2D eigenvalue weighted by Gasteiger charge is 2.33. The molecule has 0 saturated carbocycles. The van der Waals surface area contributed by atoms with E-state index in [9.17, 15) is 8.42 Å². The molecule has 0 unspecified atom stereocenters. The van der Waals surface area contributed by atoms with Crippen molar-refractivity contribution in [2.45, 2.75) is 6.92 Å². The van der Waals surface area contributed by atoms with Crippen LogP contribution in [-0.4, -0.2) is 25.8 Å². The Labute approximate surface area is 155 Å². The van der Waals surface area contributed by atoms with E-state index in [0.717, 1.165) is 11.0 Å². The van der Waals surface area contributed by atoms with Gasteiger partial charge >= 0.3 is 0 Å². The fourth-order valence-electron chi connectivity index (χ4n) is 3.04. The van der Waals surface area contributed by atoms with Gasteiger partial charge in [0.1, 0.15) is 17.1 Å². The summed E-state index contributed by atoms with van der Waals surface area (Å²) in [5.41, 5.74) is 3.87. The summed E-state index contributed by atoms with van der Waals surface area (Å²) in [5.74, 6) is 0. The predicted octanol–water partition coefficient (Wildman–Crippen LogP) is 5.18. The van der Waals surface area contributed by atoms with Gasteiger partial charge in [-0.25, -0.2) is 4.48 Å². The van der Waals surface area contributed by atoms with Gasteiger partial charge < -0.3 is 0 Å². The van der Waals surface area contributed by atoms with E-state index in [1.807, 2.05) is 0 Å². The SMILES string of the molecule is CC[N+](c1ccccc1)(c1ccccc1)c1ccccc1.CS(=O)(=O)O. The largest absolute Gasteiger partial charge is 0.286 e. The van der Waals surface area contributed by atoms with Gasteiger partial charge in [-0.15, -0.1) is 0 Å². The average molecular weight is 370 g/mol. The zero-order valence-corrected chi connectivity index (χ0v) is 15.8. The van der Waals surface area contributed by atoms with Crippen molar-refractivity contribution in [2.24, 2.45) is 0 Å². The van der Waals surface area contributed by atoms with Crippen LogP contribution in [0.15, 0.2) is 91.0 Å². The second kappa shape index (κ2) is 8.76. The fourth-order valence-corrected chi connectivity index (χ4v) is 3.04. The van der Waals surface area contributed by atoms with E-state index in [0.29, 0.717) is 6.26 Å². The van der Waals surface area contributed by atoms with Crippen molar-refractivity contribution in [3.05, 3.63) is 91.0 Å². The summed E-state index contributed by atoms with van der Waals surface area (Å²) in [6.07, 6.45) is 0.715. The van der Waals surface area contributed by atoms with Crippen LogP contribution in [0.2, 0.25) is 0 Å². The number of nitrogens with zero attached hydrogens (tertiary/aromatic N) is 1. The van der Waals surface area contributed by atoms with E-state index < -0.39 is 10.1 Å². The molecule has 3 rings (SSSR count). The molecule has 0 bridgehead atoms. The van der Waals surface area contributed by atoms with Crippen molar-refractivity contribution >= 4 is 27.2 Å². The molecule has 136 valence electrons. The summed E-state index contributed by atoms with van der Waals surface area (Å²) in [6.45, 7) is 3.21. The highest BCUT2D eigenvalue weighted by molar-refractivity contribution is 7.85. The molecule has 0 radical (unpaired) electrons. The first-order valence-corrected chi connectivity index (χ1v) is 10.2. The molecule has 0 heterocycles. The summed E-state index contributed by atoms with van der Waals surface area (Å²) >= 11 is 0. The number of hydrogen-bond donors (Lipinski definition) is 1. The Bertz CT molecular complexity index is 791. The molecule has 0 aliphatic carbocycles. The lowest BCUT2D eigenvalue weighted by Gasteiger charge is -2.36. The van der Waals surface area contributed by atoms with Crippen LogP contribution in [0, 0.1) is 0 Å². The average Bonchev–Trinajstić information content (AvgIpc) is 2.64. The zero-order chi connectivity index (χ0) is 19.0. The summed E-state index contributed by atoms with van der Waals surface area (Å²) in [4.78, 5) is 0. The van der Waals surface area contributed by atoms with Crippen LogP contribution in [0.25, 0.3) is 0 Å². The Morgan fingerprint density at radius 3 is 1.12 bits per heavy atom. The molecular weight excluding hydrogens is 346 g/mol. The highest BCUT2D eigenvalue weighted by Crippen LogP contribution is 2.42. The molecule has 26 heavy (non-hydrogen) atoms. The Kier molecular flexibility index (Phi) is 6.69. The molecular formula is C21H24NO3S+. The summed E-state index contributed by atoms with van der Waals surface area (Å²) < 4.78 is 26.6. The smallest absolute Gasteiger partial charge is 0.261 e. The van der Waals surface area contributed by atoms with E-state index in [1.165, 1.54) is 17.1 Å². The van der Waals surface area contributed by atoms with Crippen molar-refractivity contribution in [1.82, 2.24) is 4.48 Å². The van der Waals surface area contributed by atoms with Crippen molar-refractivity contribution in [3.63, 3.8) is 0 Å². The van der Waals surface area contributed by atoms with Crippen molar-refractivity contribution < 1.29 is 13.0 Å². The zero-order valence-electron chi connectivity index (χ0n) is 15.0. The van der Waals surface area contributed by atoms with Crippen molar-refractivity contribution in [2.75, 3.05) is 12.8 Å². The minimum atomic E-state index is -3.67. The van der Waals surface area contributed by atoms with Crippen molar-refractivity contribution in [3.8, 4) is 0 Å². The van der Waals surface area contributed by atoms with Crippen LogP contribution < -0.4 is 4.48 Å². The molecule has 3 aromatic rings. The first-order chi connectivity index (χ1) is 12.4. The van der Waals surface area contributed by atoms with Gasteiger partial charge in [0.25, 0.3) is 10.1 Å². The maximum absolute atomic E-state index is 9.19. The lowest BCUT2D eigenvalue weighted by Crippen LogP contribution is -2.38. The summed E-state index contributed by atoms with van der Waals surface area (Å²) in [5, 5.41) is 0. The Balaban J connectivity index is 0.000000431. The maximum Gasteiger partial charge on any atom is 0.261 e. The third-order valence-corrected chi connectivity index (χ3v) is 4.07. The quantitative estimate of drug-likeness (QED) is 0.508. The molecule has 5 heteroatoms. The molecule has 0 fully saturated rings. The van der Waals surface area contributed by atoms with E-state index in [4.69, 9.17) is 4.55 Å². The number of hydrogen-bond acceptors (Lipinski definition) is 2.